The molecule has 3 aromatic carbocycles. The topological polar surface area (TPSA) is 28.2 Å². The summed E-state index contributed by atoms with van der Waals surface area (Å²) in [5, 5.41) is 4.55. The van der Waals surface area contributed by atoms with Crippen LogP contribution in [0.3, 0.4) is 0 Å². The van der Waals surface area contributed by atoms with Crippen molar-refractivity contribution in [3.63, 3.8) is 0 Å². The molecule has 0 aliphatic carbocycles. The standard InChI is InChI=1S/C27H29N3S/c1-26(2,3)18-14-15-24-21(16-18)29-25(31-24)28-20-11-7-9-13-23(20)30-17-27(4,5)19-10-6-8-12-22(19)30/h6-16H,17H2,1-5H3,(H,28,29). The van der Waals surface area contributed by atoms with Gasteiger partial charge in [-0.1, -0.05) is 82.4 Å². The average Bonchev–Trinajstić information content (AvgIpc) is 3.25. The maximum absolute atomic E-state index is 4.91. The minimum atomic E-state index is 0.114. The predicted octanol–water partition coefficient (Wildman–Crippen LogP) is 7.77. The minimum Gasteiger partial charge on any atom is -0.339 e. The molecule has 158 valence electrons. The number of anilines is 4. The van der Waals surface area contributed by atoms with Crippen LogP contribution in [0.5, 0.6) is 0 Å². The van der Waals surface area contributed by atoms with E-state index in [1.54, 1.807) is 11.3 Å². The van der Waals surface area contributed by atoms with Gasteiger partial charge in [0.05, 0.1) is 21.6 Å². The Morgan fingerprint density at radius 1 is 0.935 bits per heavy atom. The van der Waals surface area contributed by atoms with Crippen molar-refractivity contribution in [2.45, 2.75) is 45.4 Å². The van der Waals surface area contributed by atoms with E-state index in [2.05, 4.69) is 112 Å². The first-order valence-corrected chi connectivity index (χ1v) is 11.7. The molecule has 0 atom stereocenters. The van der Waals surface area contributed by atoms with Crippen molar-refractivity contribution >= 4 is 43.7 Å². The van der Waals surface area contributed by atoms with Crippen molar-refractivity contribution in [3.05, 3.63) is 77.9 Å². The van der Waals surface area contributed by atoms with Gasteiger partial charge in [-0.2, -0.15) is 0 Å². The Morgan fingerprint density at radius 2 is 1.65 bits per heavy atom. The molecule has 0 saturated heterocycles. The summed E-state index contributed by atoms with van der Waals surface area (Å²) in [7, 11) is 0. The second kappa shape index (κ2) is 7.10. The van der Waals surface area contributed by atoms with Crippen molar-refractivity contribution in [2.24, 2.45) is 0 Å². The first-order chi connectivity index (χ1) is 14.7. The van der Waals surface area contributed by atoms with Crippen LogP contribution >= 0.6 is 11.3 Å². The van der Waals surface area contributed by atoms with E-state index >= 15 is 0 Å². The Kier molecular flexibility index (Phi) is 4.60. The predicted molar refractivity (Wildman–Crippen MR) is 135 cm³/mol. The fourth-order valence-electron chi connectivity index (χ4n) is 4.44. The van der Waals surface area contributed by atoms with E-state index in [0.717, 1.165) is 22.9 Å². The Bertz CT molecular complexity index is 1260. The van der Waals surface area contributed by atoms with Crippen LogP contribution in [0.25, 0.3) is 10.2 Å². The summed E-state index contributed by atoms with van der Waals surface area (Å²) >= 11 is 1.71. The molecule has 3 nitrogen and oxygen atoms in total. The number of benzene rings is 3. The summed E-state index contributed by atoms with van der Waals surface area (Å²) < 4.78 is 1.21. The van der Waals surface area contributed by atoms with Crippen LogP contribution in [0.1, 0.15) is 45.7 Å². The summed E-state index contributed by atoms with van der Waals surface area (Å²) in [5.41, 5.74) is 7.58. The Labute approximate surface area is 188 Å². The summed E-state index contributed by atoms with van der Waals surface area (Å²) in [5.74, 6) is 0. The smallest absolute Gasteiger partial charge is 0.188 e. The molecular formula is C27H29N3S. The molecule has 0 unspecified atom stereocenters. The number of para-hydroxylation sites is 3. The normalized spacial score (nSPS) is 15.3. The molecule has 5 rings (SSSR count). The number of aromatic nitrogens is 1. The zero-order chi connectivity index (χ0) is 21.8. The van der Waals surface area contributed by atoms with Crippen LogP contribution in [-0.4, -0.2) is 11.5 Å². The minimum absolute atomic E-state index is 0.114. The molecule has 1 N–H and O–H groups in total. The molecule has 4 heteroatoms. The molecular weight excluding hydrogens is 398 g/mol. The maximum Gasteiger partial charge on any atom is 0.188 e. The van der Waals surface area contributed by atoms with Crippen molar-refractivity contribution < 1.29 is 0 Å². The Hall–Kier alpha value is -2.85. The molecule has 0 fully saturated rings. The second-order valence-corrected chi connectivity index (χ2v) is 11.1. The number of nitrogens with one attached hydrogen (secondary N) is 1. The first-order valence-electron chi connectivity index (χ1n) is 10.9. The number of hydrogen-bond acceptors (Lipinski definition) is 4. The van der Waals surface area contributed by atoms with Crippen LogP contribution in [0.15, 0.2) is 66.7 Å². The van der Waals surface area contributed by atoms with Crippen LogP contribution in [0, 0.1) is 0 Å². The van der Waals surface area contributed by atoms with Gasteiger partial charge in [0.1, 0.15) is 0 Å². The van der Waals surface area contributed by atoms with Crippen molar-refractivity contribution in [2.75, 3.05) is 16.8 Å². The Morgan fingerprint density at radius 3 is 2.42 bits per heavy atom. The van der Waals surface area contributed by atoms with Crippen LogP contribution in [-0.2, 0) is 10.8 Å². The number of rotatable bonds is 3. The van der Waals surface area contributed by atoms with E-state index in [1.165, 1.54) is 27.2 Å². The maximum atomic E-state index is 4.91. The van der Waals surface area contributed by atoms with Gasteiger partial charge in [0, 0.05) is 17.6 Å². The van der Waals surface area contributed by atoms with Crippen LogP contribution in [0.2, 0.25) is 0 Å². The van der Waals surface area contributed by atoms with Crippen LogP contribution < -0.4 is 10.2 Å². The number of nitrogens with zero attached hydrogens (tertiary/aromatic N) is 2. The van der Waals surface area contributed by atoms with Gasteiger partial charge >= 0.3 is 0 Å². The SMILES string of the molecule is CC(C)(C)c1ccc2sc(Nc3ccccc3N3CC(C)(C)c4ccccc43)nc2c1. The molecule has 0 amide bonds. The zero-order valence-corrected chi connectivity index (χ0v) is 19.7. The Balaban J connectivity index is 1.51. The third-order valence-electron chi connectivity index (χ3n) is 6.17. The van der Waals surface area contributed by atoms with Crippen molar-refractivity contribution in [1.82, 2.24) is 4.98 Å². The van der Waals surface area contributed by atoms with E-state index in [-0.39, 0.29) is 10.8 Å². The van der Waals surface area contributed by atoms with Gasteiger partial charge in [-0.25, -0.2) is 4.98 Å². The van der Waals surface area contributed by atoms with E-state index in [4.69, 9.17) is 4.98 Å². The number of thiazole rings is 1. The highest BCUT2D eigenvalue weighted by atomic mass is 32.1. The van der Waals surface area contributed by atoms with E-state index in [1.807, 2.05) is 0 Å². The molecule has 0 spiro atoms. The highest BCUT2D eigenvalue weighted by Crippen LogP contribution is 2.46. The van der Waals surface area contributed by atoms with Crippen LogP contribution in [0.4, 0.5) is 22.2 Å². The molecule has 1 aliphatic heterocycles. The summed E-state index contributed by atoms with van der Waals surface area (Å²) in [4.78, 5) is 7.34. The molecule has 0 bridgehead atoms. The molecule has 0 saturated carbocycles. The highest BCUT2D eigenvalue weighted by Gasteiger charge is 2.36. The van der Waals surface area contributed by atoms with Gasteiger partial charge in [-0.3, -0.25) is 0 Å². The molecule has 1 aromatic heterocycles. The number of hydrogen-bond donors (Lipinski definition) is 1. The average molecular weight is 428 g/mol. The largest absolute Gasteiger partial charge is 0.339 e. The van der Waals surface area contributed by atoms with Gasteiger partial charge in [-0.15, -0.1) is 0 Å². The quantitative estimate of drug-likeness (QED) is 0.362. The fraction of sp³-hybridized carbons (Fsp3) is 0.296. The monoisotopic (exact) mass is 427 g/mol. The highest BCUT2D eigenvalue weighted by molar-refractivity contribution is 7.22. The lowest BCUT2D eigenvalue weighted by atomic mass is 9.87. The molecule has 4 aromatic rings. The zero-order valence-electron chi connectivity index (χ0n) is 18.9. The van der Waals surface area contributed by atoms with Crippen molar-refractivity contribution in [3.8, 4) is 0 Å². The lowest BCUT2D eigenvalue weighted by Gasteiger charge is -2.25. The third kappa shape index (κ3) is 3.59. The summed E-state index contributed by atoms with van der Waals surface area (Å²) in [6.45, 7) is 12.3. The summed E-state index contributed by atoms with van der Waals surface area (Å²) in [6.07, 6.45) is 0. The van der Waals surface area contributed by atoms with E-state index in [0.29, 0.717) is 0 Å². The van der Waals surface area contributed by atoms with Gasteiger partial charge in [0.2, 0.25) is 0 Å². The lowest BCUT2D eigenvalue weighted by molar-refractivity contribution is 0.569. The summed E-state index contributed by atoms with van der Waals surface area (Å²) in [6, 6.07) is 23.9. The number of fused-ring (bicyclic) bond motifs is 2. The fourth-order valence-corrected chi connectivity index (χ4v) is 5.30. The van der Waals surface area contributed by atoms with Gasteiger partial charge < -0.3 is 10.2 Å². The molecule has 2 heterocycles. The third-order valence-corrected chi connectivity index (χ3v) is 7.12. The van der Waals surface area contributed by atoms with Gasteiger partial charge in [0.25, 0.3) is 0 Å². The molecule has 31 heavy (non-hydrogen) atoms. The second-order valence-electron chi connectivity index (χ2n) is 10.1. The van der Waals surface area contributed by atoms with Crippen molar-refractivity contribution in [1.29, 1.82) is 0 Å². The van der Waals surface area contributed by atoms with E-state index in [9.17, 15) is 0 Å². The van der Waals surface area contributed by atoms with Gasteiger partial charge in [-0.05, 0) is 46.9 Å². The van der Waals surface area contributed by atoms with E-state index < -0.39 is 0 Å². The molecule has 0 radical (unpaired) electrons. The molecule has 1 aliphatic rings. The van der Waals surface area contributed by atoms with Gasteiger partial charge in [0.15, 0.2) is 5.13 Å². The lowest BCUT2D eigenvalue weighted by Crippen LogP contribution is -2.25. The first kappa shape index (κ1) is 20.1.